The largest absolute Gasteiger partial charge is 0.467 e. The average Bonchev–Trinajstić information content (AvgIpc) is 2.91. The molecule has 0 amide bonds. The Morgan fingerprint density at radius 3 is 2.89 bits per heavy atom. The summed E-state index contributed by atoms with van der Waals surface area (Å²) in [6, 6.07) is 12.3. The summed E-state index contributed by atoms with van der Waals surface area (Å²) in [5.41, 5.74) is 1.13. The lowest BCUT2D eigenvalue weighted by molar-refractivity contribution is 0.490. The number of hydrogen-bond acceptors (Lipinski definition) is 3. The molecule has 2 aromatic rings. The summed E-state index contributed by atoms with van der Waals surface area (Å²) in [5, 5.41) is 3.47. The molecule has 0 saturated carbocycles. The molecule has 1 atom stereocenters. The maximum absolute atomic E-state index is 5.40. The molecular weight excluding hydrogens is 242 g/mol. The maximum Gasteiger partial charge on any atom is 0.125 e. The molecule has 0 aliphatic rings. The number of nitrogens with one attached hydrogen (secondary N) is 1. The normalized spacial score (nSPS) is 12.1. The van der Waals surface area contributed by atoms with Gasteiger partial charge in [-0.15, -0.1) is 18.3 Å². The fraction of sp³-hybridized carbons (Fsp3) is 0.200. The zero-order valence-corrected chi connectivity index (χ0v) is 11.2. The first-order valence-electron chi connectivity index (χ1n) is 5.94. The van der Waals surface area contributed by atoms with Gasteiger partial charge in [-0.25, -0.2) is 0 Å². The van der Waals surface area contributed by atoms with E-state index in [4.69, 9.17) is 4.42 Å². The van der Waals surface area contributed by atoms with Crippen LogP contribution in [0, 0.1) is 0 Å². The van der Waals surface area contributed by atoms with Crippen molar-refractivity contribution < 1.29 is 4.42 Å². The molecule has 0 spiro atoms. The molecule has 0 fully saturated rings. The van der Waals surface area contributed by atoms with Crippen molar-refractivity contribution in [1.29, 1.82) is 0 Å². The molecule has 1 aromatic heterocycles. The number of hydrogen-bond donors (Lipinski definition) is 1. The predicted molar refractivity (Wildman–Crippen MR) is 78.1 cm³/mol. The standard InChI is InChI=1S/C15H17NOS/c1-3-11-18-15-9-5-4-7-13(15)16-12(2)14-8-6-10-17-14/h3-10,12,16H,1,11H2,2H3. The van der Waals surface area contributed by atoms with Crippen molar-refractivity contribution in [3.63, 3.8) is 0 Å². The highest BCUT2D eigenvalue weighted by atomic mass is 32.2. The van der Waals surface area contributed by atoms with Crippen LogP contribution in [0.1, 0.15) is 18.7 Å². The van der Waals surface area contributed by atoms with Crippen molar-refractivity contribution in [2.75, 3.05) is 11.1 Å². The molecule has 1 unspecified atom stereocenters. The number of para-hydroxylation sites is 1. The average molecular weight is 259 g/mol. The Hall–Kier alpha value is -1.61. The van der Waals surface area contributed by atoms with Crippen LogP contribution < -0.4 is 5.32 Å². The zero-order chi connectivity index (χ0) is 12.8. The van der Waals surface area contributed by atoms with E-state index in [-0.39, 0.29) is 6.04 Å². The first-order chi connectivity index (χ1) is 8.81. The molecule has 0 bridgehead atoms. The summed E-state index contributed by atoms with van der Waals surface area (Å²) >= 11 is 1.78. The second-order valence-electron chi connectivity index (χ2n) is 3.98. The summed E-state index contributed by atoms with van der Waals surface area (Å²) < 4.78 is 5.40. The highest BCUT2D eigenvalue weighted by molar-refractivity contribution is 7.99. The number of benzene rings is 1. The number of furan rings is 1. The van der Waals surface area contributed by atoms with Crippen LogP contribution in [0.25, 0.3) is 0 Å². The number of anilines is 1. The van der Waals surface area contributed by atoms with E-state index in [9.17, 15) is 0 Å². The van der Waals surface area contributed by atoms with Crippen molar-refractivity contribution in [3.05, 3.63) is 61.1 Å². The number of rotatable bonds is 6. The second-order valence-corrected chi connectivity index (χ2v) is 5.04. The molecule has 0 radical (unpaired) electrons. The molecule has 0 aliphatic heterocycles. The Kier molecular flexibility index (Phi) is 4.53. The Morgan fingerprint density at radius 2 is 2.17 bits per heavy atom. The Labute approximate surface area is 112 Å². The molecular formula is C15H17NOS. The minimum Gasteiger partial charge on any atom is -0.467 e. The molecule has 18 heavy (non-hydrogen) atoms. The summed E-state index contributed by atoms with van der Waals surface area (Å²) in [7, 11) is 0. The fourth-order valence-electron chi connectivity index (χ4n) is 1.70. The van der Waals surface area contributed by atoms with E-state index in [0.29, 0.717) is 0 Å². The maximum atomic E-state index is 5.40. The molecule has 0 saturated heterocycles. The van der Waals surface area contributed by atoms with Crippen LogP contribution in [0.4, 0.5) is 5.69 Å². The summed E-state index contributed by atoms with van der Waals surface area (Å²) in [6.07, 6.45) is 3.61. The van der Waals surface area contributed by atoms with Crippen molar-refractivity contribution in [1.82, 2.24) is 0 Å². The molecule has 94 valence electrons. The summed E-state index contributed by atoms with van der Waals surface area (Å²) in [4.78, 5) is 1.23. The van der Waals surface area contributed by atoms with E-state index in [2.05, 4.69) is 31.0 Å². The quantitative estimate of drug-likeness (QED) is 0.599. The Morgan fingerprint density at radius 1 is 1.33 bits per heavy atom. The monoisotopic (exact) mass is 259 g/mol. The van der Waals surface area contributed by atoms with Crippen LogP contribution in [0.15, 0.2) is 64.6 Å². The van der Waals surface area contributed by atoms with Crippen LogP contribution in [-0.4, -0.2) is 5.75 Å². The second kappa shape index (κ2) is 6.36. The van der Waals surface area contributed by atoms with Gasteiger partial charge < -0.3 is 9.73 Å². The first-order valence-corrected chi connectivity index (χ1v) is 6.92. The van der Waals surface area contributed by atoms with E-state index in [0.717, 1.165) is 17.2 Å². The minimum absolute atomic E-state index is 0.158. The van der Waals surface area contributed by atoms with E-state index in [1.165, 1.54) is 4.90 Å². The van der Waals surface area contributed by atoms with Gasteiger partial charge in [0.25, 0.3) is 0 Å². The fourth-order valence-corrected chi connectivity index (χ4v) is 2.46. The van der Waals surface area contributed by atoms with Gasteiger partial charge in [0.1, 0.15) is 5.76 Å². The van der Waals surface area contributed by atoms with Gasteiger partial charge in [0.15, 0.2) is 0 Å². The van der Waals surface area contributed by atoms with Gasteiger partial charge in [0.05, 0.1) is 12.3 Å². The molecule has 2 nitrogen and oxygen atoms in total. The van der Waals surface area contributed by atoms with Gasteiger partial charge in [-0.2, -0.15) is 0 Å². The van der Waals surface area contributed by atoms with Crippen LogP contribution in [-0.2, 0) is 0 Å². The highest BCUT2D eigenvalue weighted by Gasteiger charge is 2.10. The predicted octanol–water partition coefficient (Wildman–Crippen LogP) is 4.73. The highest BCUT2D eigenvalue weighted by Crippen LogP contribution is 2.29. The lowest BCUT2D eigenvalue weighted by atomic mass is 10.2. The van der Waals surface area contributed by atoms with Gasteiger partial charge in [0, 0.05) is 16.3 Å². The smallest absolute Gasteiger partial charge is 0.125 e. The van der Waals surface area contributed by atoms with Gasteiger partial charge in [0.2, 0.25) is 0 Å². The first kappa shape index (κ1) is 12.8. The molecule has 0 aliphatic carbocycles. The van der Waals surface area contributed by atoms with Gasteiger partial charge in [-0.3, -0.25) is 0 Å². The third-order valence-corrected chi connectivity index (χ3v) is 3.66. The number of thioether (sulfide) groups is 1. The van der Waals surface area contributed by atoms with Gasteiger partial charge in [-0.05, 0) is 31.2 Å². The van der Waals surface area contributed by atoms with E-state index >= 15 is 0 Å². The lowest BCUT2D eigenvalue weighted by Gasteiger charge is -2.15. The molecule has 1 N–H and O–H groups in total. The van der Waals surface area contributed by atoms with E-state index in [1.54, 1.807) is 18.0 Å². The van der Waals surface area contributed by atoms with E-state index < -0.39 is 0 Å². The van der Waals surface area contributed by atoms with Crippen LogP contribution >= 0.6 is 11.8 Å². The lowest BCUT2D eigenvalue weighted by Crippen LogP contribution is -2.06. The molecule has 3 heteroatoms. The third-order valence-electron chi connectivity index (χ3n) is 2.59. The Bertz CT molecular complexity index is 493. The SMILES string of the molecule is C=CCSc1ccccc1NC(C)c1ccco1. The molecule has 2 rings (SSSR count). The van der Waals surface area contributed by atoms with Gasteiger partial charge in [-0.1, -0.05) is 18.2 Å². The van der Waals surface area contributed by atoms with Crippen LogP contribution in [0.3, 0.4) is 0 Å². The Balaban J connectivity index is 2.10. The third kappa shape index (κ3) is 3.20. The summed E-state index contributed by atoms with van der Waals surface area (Å²) in [6.45, 7) is 5.84. The van der Waals surface area contributed by atoms with E-state index in [1.807, 2.05) is 30.3 Å². The van der Waals surface area contributed by atoms with Crippen molar-refractivity contribution in [2.24, 2.45) is 0 Å². The van der Waals surface area contributed by atoms with Crippen molar-refractivity contribution >= 4 is 17.4 Å². The van der Waals surface area contributed by atoms with Crippen LogP contribution in [0.2, 0.25) is 0 Å². The van der Waals surface area contributed by atoms with Crippen molar-refractivity contribution in [3.8, 4) is 0 Å². The molecule has 1 aromatic carbocycles. The minimum atomic E-state index is 0.158. The topological polar surface area (TPSA) is 25.2 Å². The van der Waals surface area contributed by atoms with Gasteiger partial charge >= 0.3 is 0 Å². The van der Waals surface area contributed by atoms with Crippen molar-refractivity contribution in [2.45, 2.75) is 17.9 Å². The van der Waals surface area contributed by atoms with Crippen LogP contribution in [0.5, 0.6) is 0 Å². The zero-order valence-electron chi connectivity index (χ0n) is 10.4. The summed E-state index contributed by atoms with van der Waals surface area (Å²) in [5.74, 6) is 1.85. The molecule has 1 heterocycles.